The SMILES string of the molecule is O=C1CCC(N2Cc3cc(C4(O)CCN(Cc5ccc(N6CCC(Nc7ncccn7)CC6)cc5)CC4)ccc3C2=O)C(=O)N1. The second kappa shape index (κ2) is 12.2. The van der Waals surface area contributed by atoms with E-state index in [4.69, 9.17) is 0 Å². The Kier molecular flexibility index (Phi) is 7.97. The van der Waals surface area contributed by atoms with Gasteiger partial charge in [0.15, 0.2) is 0 Å². The molecule has 7 rings (SSSR count). The number of rotatable bonds is 7. The van der Waals surface area contributed by atoms with Gasteiger partial charge in [0.1, 0.15) is 6.04 Å². The number of likely N-dealkylation sites (tertiary alicyclic amines) is 1. The van der Waals surface area contributed by atoms with Crippen molar-refractivity contribution in [3.8, 4) is 0 Å². The first-order valence-electron chi connectivity index (χ1n) is 15.9. The van der Waals surface area contributed by atoms with Crippen molar-refractivity contribution >= 4 is 29.4 Å². The van der Waals surface area contributed by atoms with Gasteiger partial charge in [0.05, 0.1) is 5.60 Å². The van der Waals surface area contributed by atoms with Crippen molar-refractivity contribution in [1.29, 1.82) is 0 Å². The third-order valence-electron chi connectivity index (χ3n) is 9.85. The van der Waals surface area contributed by atoms with Gasteiger partial charge in [-0.1, -0.05) is 24.3 Å². The lowest BCUT2D eigenvalue weighted by Gasteiger charge is -2.39. The molecule has 0 saturated carbocycles. The number of benzene rings is 2. The van der Waals surface area contributed by atoms with Crippen LogP contribution in [0.2, 0.25) is 0 Å². The topological polar surface area (TPSA) is 131 Å². The molecule has 0 aliphatic carbocycles. The van der Waals surface area contributed by atoms with Gasteiger partial charge in [-0.25, -0.2) is 9.97 Å². The smallest absolute Gasteiger partial charge is 0.255 e. The summed E-state index contributed by atoms with van der Waals surface area (Å²) in [5.74, 6) is -0.216. The fraction of sp³-hybridized carbons (Fsp3) is 0.441. The first kappa shape index (κ1) is 29.4. The molecule has 4 aliphatic heterocycles. The highest BCUT2D eigenvalue weighted by molar-refractivity contribution is 6.05. The normalized spacial score (nSPS) is 22.3. The molecule has 0 radical (unpaired) electrons. The first-order chi connectivity index (χ1) is 21.8. The number of anilines is 2. The Morgan fingerprint density at radius 3 is 2.38 bits per heavy atom. The van der Waals surface area contributed by atoms with E-state index >= 15 is 0 Å². The highest BCUT2D eigenvalue weighted by Crippen LogP contribution is 2.37. The molecular formula is C34H39N7O4. The molecule has 3 amide bonds. The van der Waals surface area contributed by atoms with Gasteiger partial charge in [-0.05, 0) is 73.1 Å². The van der Waals surface area contributed by atoms with Crippen LogP contribution >= 0.6 is 0 Å². The Balaban J connectivity index is 0.909. The molecule has 1 unspecified atom stereocenters. The third kappa shape index (κ3) is 6.14. The molecule has 3 aromatic rings. The van der Waals surface area contributed by atoms with Crippen molar-refractivity contribution in [2.24, 2.45) is 0 Å². The minimum atomic E-state index is -0.964. The number of hydrogen-bond acceptors (Lipinski definition) is 9. The number of nitrogens with zero attached hydrogens (tertiary/aromatic N) is 5. The third-order valence-corrected chi connectivity index (χ3v) is 9.85. The van der Waals surface area contributed by atoms with Crippen molar-refractivity contribution in [1.82, 2.24) is 25.1 Å². The summed E-state index contributed by atoms with van der Waals surface area (Å²) in [5, 5.41) is 17.4. The van der Waals surface area contributed by atoms with Crippen LogP contribution in [0.4, 0.5) is 11.6 Å². The molecule has 5 heterocycles. The Morgan fingerprint density at radius 1 is 0.933 bits per heavy atom. The van der Waals surface area contributed by atoms with Crippen LogP contribution in [0.25, 0.3) is 0 Å². The molecule has 3 saturated heterocycles. The molecule has 0 bridgehead atoms. The molecule has 0 spiro atoms. The summed E-state index contributed by atoms with van der Waals surface area (Å²) in [6.45, 7) is 4.65. The van der Waals surface area contributed by atoms with Crippen molar-refractivity contribution in [2.45, 2.75) is 69.3 Å². The summed E-state index contributed by atoms with van der Waals surface area (Å²) in [6, 6.07) is 16.0. The number of piperidine rings is 3. The predicted octanol–water partition coefficient (Wildman–Crippen LogP) is 2.80. The summed E-state index contributed by atoms with van der Waals surface area (Å²) >= 11 is 0. The minimum Gasteiger partial charge on any atom is -0.385 e. The number of aliphatic hydroxyl groups is 1. The van der Waals surface area contributed by atoms with Crippen LogP contribution in [0.3, 0.4) is 0 Å². The van der Waals surface area contributed by atoms with E-state index in [0.29, 0.717) is 43.4 Å². The lowest BCUT2D eigenvalue weighted by molar-refractivity contribution is -0.136. The second-order valence-electron chi connectivity index (χ2n) is 12.7. The van der Waals surface area contributed by atoms with Crippen LogP contribution in [0.1, 0.15) is 65.6 Å². The molecule has 11 nitrogen and oxygen atoms in total. The van der Waals surface area contributed by atoms with Crippen LogP contribution in [0.5, 0.6) is 0 Å². The lowest BCUT2D eigenvalue weighted by Crippen LogP contribution is -2.52. The molecule has 3 N–H and O–H groups in total. The lowest BCUT2D eigenvalue weighted by atomic mass is 9.83. The second-order valence-corrected chi connectivity index (χ2v) is 12.7. The van der Waals surface area contributed by atoms with Crippen LogP contribution in [-0.2, 0) is 28.3 Å². The summed E-state index contributed by atoms with van der Waals surface area (Å²) in [6.07, 6.45) is 7.36. The van der Waals surface area contributed by atoms with Gasteiger partial charge in [0.25, 0.3) is 5.91 Å². The number of aromatic nitrogens is 2. The first-order valence-corrected chi connectivity index (χ1v) is 15.9. The zero-order valence-electron chi connectivity index (χ0n) is 25.3. The van der Waals surface area contributed by atoms with Crippen molar-refractivity contribution in [3.05, 3.63) is 83.2 Å². The summed E-state index contributed by atoms with van der Waals surface area (Å²) in [4.78, 5) is 52.0. The fourth-order valence-electron chi connectivity index (χ4n) is 7.14. The average molecular weight is 610 g/mol. The molecule has 45 heavy (non-hydrogen) atoms. The van der Waals surface area contributed by atoms with Crippen LogP contribution < -0.4 is 15.5 Å². The number of carbonyl (C=O) groups is 3. The zero-order valence-corrected chi connectivity index (χ0v) is 25.3. The molecule has 1 atom stereocenters. The van der Waals surface area contributed by atoms with Crippen molar-refractivity contribution in [3.63, 3.8) is 0 Å². The highest BCUT2D eigenvalue weighted by Gasteiger charge is 2.41. The number of carbonyl (C=O) groups excluding carboxylic acids is 3. The van der Waals surface area contributed by atoms with Gasteiger partial charge in [-0.3, -0.25) is 24.6 Å². The predicted molar refractivity (Wildman–Crippen MR) is 168 cm³/mol. The summed E-state index contributed by atoms with van der Waals surface area (Å²) in [5.41, 5.74) is 3.74. The number of fused-ring (bicyclic) bond motifs is 1. The number of amides is 3. The Hall–Kier alpha value is -4.35. The van der Waals surface area contributed by atoms with E-state index < -0.39 is 17.6 Å². The monoisotopic (exact) mass is 609 g/mol. The molecule has 3 fully saturated rings. The van der Waals surface area contributed by atoms with Crippen LogP contribution in [0, 0.1) is 0 Å². The zero-order chi connectivity index (χ0) is 31.0. The Bertz CT molecular complexity index is 1570. The Labute approximate surface area is 262 Å². The van der Waals surface area contributed by atoms with Crippen LogP contribution in [0.15, 0.2) is 60.9 Å². The molecule has 4 aliphatic rings. The Morgan fingerprint density at radius 2 is 1.67 bits per heavy atom. The molecule has 2 aromatic carbocycles. The molecule has 234 valence electrons. The van der Waals surface area contributed by atoms with Crippen molar-refractivity contribution in [2.75, 3.05) is 36.4 Å². The summed E-state index contributed by atoms with van der Waals surface area (Å²) < 4.78 is 0. The van der Waals surface area contributed by atoms with Crippen molar-refractivity contribution < 1.29 is 19.5 Å². The fourth-order valence-corrected chi connectivity index (χ4v) is 7.14. The van der Waals surface area contributed by atoms with E-state index in [0.717, 1.165) is 56.7 Å². The highest BCUT2D eigenvalue weighted by atomic mass is 16.3. The van der Waals surface area contributed by atoms with Gasteiger partial charge in [0, 0.05) is 75.4 Å². The maximum atomic E-state index is 13.1. The standard InChI is InChI=1S/C34H39N7O4/c42-30-9-8-29(31(43)38-30)41-22-24-20-25(4-7-28(24)32(41)44)34(45)12-18-39(19-13-34)21-23-2-5-27(6-3-23)40-16-10-26(11-17-40)37-33-35-14-1-15-36-33/h1-7,14-15,20,26,29,45H,8-13,16-19,21-22H2,(H,35,36,37)(H,38,42,43). The molecule has 11 heteroatoms. The quantitative estimate of drug-likeness (QED) is 0.346. The molecule has 1 aromatic heterocycles. The largest absolute Gasteiger partial charge is 0.385 e. The minimum absolute atomic E-state index is 0.196. The van der Waals surface area contributed by atoms with E-state index in [9.17, 15) is 19.5 Å². The van der Waals surface area contributed by atoms with E-state index in [1.54, 1.807) is 23.4 Å². The summed E-state index contributed by atoms with van der Waals surface area (Å²) in [7, 11) is 0. The molecular weight excluding hydrogens is 570 g/mol. The van der Waals surface area contributed by atoms with Gasteiger partial charge in [-0.2, -0.15) is 0 Å². The van der Waals surface area contributed by atoms with Gasteiger partial charge >= 0.3 is 0 Å². The number of nitrogens with one attached hydrogen (secondary N) is 2. The van der Waals surface area contributed by atoms with E-state index in [1.165, 1.54) is 11.3 Å². The maximum absolute atomic E-state index is 13.1. The maximum Gasteiger partial charge on any atom is 0.255 e. The van der Waals surface area contributed by atoms with E-state index in [2.05, 4.69) is 54.7 Å². The van der Waals surface area contributed by atoms with Crippen LogP contribution in [-0.4, -0.2) is 80.9 Å². The number of imide groups is 1. The number of hydrogen-bond donors (Lipinski definition) is 3. The van der Waals surface area contributed by atoms with E-state index in [1.807, 2.05) is 18.2 Å². The van der Waals surface area contributed by atoms with E-state index in [-0.39, 0.29) is 18.2 Å². The van der Waals surface area contributed by atoms with Gasteiger partial charge in [-0.15, -0.1) is 0 Å². The van der Waals surface area contributed by atoms with Gasteiger partial charge < -0.3 is 20.2 Å². The van der Waals surface area contributed by atoms with Gasteiger partial charge in [0.2, 0.25) is 17.8 Å². The average Bonchev–Trinajstić information content (AvgIpc) is 3.38.